The van der Waals surface area contributed by atoms with E-state index in [1.165, 1.54) is 29.2 Å². The van der Waals surface area contributed by atoms with E-state index < -0.39 is 11.9 Å². The number of halogens is 2. The van der Waals surface area contributed by atoms with Crippen molar-refractivity contribution in [1.29, 1.82) is 0 Å². The van der Waals surface area contributed by atoms with Crippen molar-refractivity contribution in [3.8, 4) is 11.5 Å². The number of rotatable bonds is 8. The van der Waals surface area contributed by atoms with E-state index in [1.807, 2.05) is 18.2 Å². The Morgan fingerprint density at radius 2 is 1.69 bits per heavy atom. The Bertz CT molecular complexity index is 1290. The molecule has 0 aromatic heterocycles. The maximum atomic E-state index is 13.5. The van der Waals surface area contributed by atoms with Crippen LogP contribution in [0.1, 0.15) is 12.0 Å². The average molecular weight is 619 g/mol. The largest absolute Gasteiger partial charge is 0.493 e. The number of ether oxygens (including phenoxy) is 2. The molecule has 3 aromatic rings. The van der Waals surface area contributed by atoms with Crippen LogP contribution in [0.3, 0.4) is 0 Å². The molecule has 7 nitrogen and oxygen atoms in total. The summed E-state index contributed by atoms with van der Waals surface area (Å²) in [5, 5.41) is 3.07. The molecule has 0 saturated carbocycles. The summed E-state index contributed by atoms with van der Waals surface area (Å²) in [6, 6.07) is 17.4. The SMILES string of the molecule is COc1ccc(CN2C(=S)N(c3ccc(F)cc3)C(=O)C2CC(=O)Nc2ccc(I)cc2)cc1OC. The zero-order valence-electron chi connectivity index (χ0n) is 19.5. The summed E-state index contributed by atoms with van der Waals surface area (Å²) in [5.41, 5.74) is 1.88. The van der Waals surface area contributed by atoms with Gasteiger partial charge in [-0.15, -0.1) is 0 Å². The molecule has 1 N–H and O–H groups in total. The first-order valence-corrected chi connectivity index (χ1v) is 12.5. The molecule has 1 atom stereocenters. The van der Waals surface area contributed by atoms with E-state index >= 15 is 0 Å². The number of hydrogen-bond acceptors (Lipinski definition) is 5. The molecular weight excluding hydrogens is 596 g/mol. The molecule has 2 amide bonds. The summed E-state index contributed by atoms with van der Waals surface area (Å²) in [4.78, 5) is 29.5. The van der Waals surface area contributed by atoms with Crippen LogP contribution in [0.4, 0.5) is 15.8 Å². The number of carbonyl (C=O) groups excluding carboxylic acids is 2. The van der Waals surface area contributed by atoms with E-state index in [1.54, 1.807) is 43.4 Å². The standard InChI is InChI=1S/C26H23FIN3O4S/c1-34-22-12-3-16(13-23(22)35-2)15-30-21(14-24(32)29-19-8-6-18(28)7-9-19)25(33)31(26(30)36)20-10-4-17(27)5-11-20/h3-13,21H,14-15H2,1-2H3,(H,29,32). The van der Waals surface area contributed by atoms with E-state index in [-0.39, 0.29) is 29.9 Å². The van der Waals surface area contributed by atoms with Gasteiger partial charge in [-0.25, -0.2) is 4.39 Å². The highest BCUT2D eigenvalue weighted by atomic mass is 127. The highest BCUT2D eigenvalue weighted by Gasteiger charge is 2.44. The molecule has 0 bridgehead atoms. The third kappa shape index (κ3) is 5.59. The normalized spacial score (nSPS) is 15.3. The lowest BCUT2D eigenvalue weighted by molar-refractivity contribution is -0.124. The molecule has 1 fully saturated rings. The third-order valence-corrected chi connectivity index (χ3v) is 6.85. The number of nitrogens with zero attached hydrogens (tertiary/aromatic N) is 2. The highest BCUT2D eigenvalue weighted by Crippen LogP contribution is 2.32. The minimum Gasteiger partial charge on any atom is -0.493 e. The number of anilines is 2. The Morgan fingerprint density at radius 1 is 1.03 bits per heavy atom. The number of thiocarbonyl (C=S) groups is 1. The number of hydrogen-bond donors (Lipinski definition) is 1. The fourth-order valence-electron chi connectivity index (χ4n) is 3.94. The second-order valence-corrected chi connectivity index (χ2v) is 9.64. The van der Waals surface area contributed by atoms with Gasteiger partial charge in [0.15, 0.2) is 16.6 Å². The zero-order chi connectivity index (χ0) is 25.8. The Balaban J connectivity index is 1.62. The lowest BCUT2D eigenvalue weighted by Gasteiger charge is -2.24. The molecule has 1 aliphatic heterocycles. The number of methoxy groups -OCH3 is 2. The molecule has 0 radical (unpaired) electrons. The van der Waals surface area contributed by atoms with E-state index in [0.29, 0.717) is 22.9 Å². The monoisotopic (exact) mass is 619 g/mol. The molecule has 0 aliphatic carbocycles. The van der Waals surface area contributed by atoms with Gasteiger partial charge in [-0.05, 0) is 101 Å². The van der Waals surface area contributed by atoms with Gasteiger partial charge in [0.05, 0.1) is 26.3 Å². The van der Waals surface area contributed by atoms with Crippen LogP contribution >= 0.6 is 34.8 Å². The van der Waals surface area contributed by atoms with E-state index in [4.69, 9.17) is 21.7 Å². The highest BCUT2D eigenvalue weighted by molar-refractivity contribution is 14.1. The molecule has 1 saturated heterocycles. The second-order valence-electron chi connectivity index (χ2n) is 8.02. The van der Waals surface area contributed by atoms with Crippen molar-refractivity contribution in [1.82, 2.24) is 4.90 Å². The summed E-state index contributed by atoms with van der Waals surface area (Å²) < 4.78 is 25.3. The van der Waals surface area contributed by atoms with Gasteiger partial charge in [0, 0.05) is 15.8 Å². The summed E-state index contributed by atoms with van der Waals surface area (Å²) >= 11 is 7.87. The molecule has 1 heterocycles. The van der Waals surface area contributed by atoms with E-state index in [2.05, 4.69) is 27.9 Å². The Labute approximate surface area is 227 Å². The number of carbonyl (C=O) groups is 2. The Kier molecular flexibility index (Phi) is 8.04. The lowest BCUT2D eigenvalue weighted by atomic mass is 10.1. The quantitative estimate of drug-likeness (QED) is 0.284. The van der Waals surface area contributed by atoms with Crippen molar-refractivity contribution in [3.05, 3.63) is 81.7 Å². The number of nitrogens with one attached hydrogen (secondary N) is 1. The first-order valence-electron chi connectivity index (χ1n) is 11.0. The predicted octanol–water partition coefficient (Wildman–Crippen LogP) is 4.98. The van der Waals surface area contributed by atoms with Crippen molar-refractivity contribution in [2.24, 2.45) is 0 Å². The summed E-state index contributed by atoms with van der Waals surface area (Å²) in [6.07, 6.45) is -0.115. The van der Waals surface area contributed by atoms with Gasteiger partial charge < -0.3 is 19.7 Å². The third-order valence-electron chi connectivity index (χ3n) is 5.71. The second kappa shape index (κ2) is 11.2. The maximum Gasteiger partial charge on any atom is 0.256 e. The van der Waals surface area contributed by atoms with Crippen LogP contribution in [0.15, 0.2) is 66.7 Å². The number of benzene rings is 3. The fraction of sp³-hybridized carbons (Fsp3) is 0.192. The maximum absolute atomic E-state index is 13.5. The number of amides is 2. The van der Waals surface area contributed by atoms with Crippen molar-refractivity contribution in [2.45, 2.75) is 19.0 Å². The van der Waals surface area contributed by atoms with Crippen molar-refractivity contribution in [2.75, 3.05) is 24.4 Å². The van der Waals surface area contributed by atoms with Crippen LogP contribution in [0.25, 0.3) is 0 Å². The molecule has 3 aromatic carbocycles. The minimum atomic E-state index is -0.848. The van der Waals surface area contributed by atoms with Crippen LogP contribution in [0.2, 0.25) is 0 Å². The molecule has 1 unspecified atom stereocenters. The van der Waals surface area contributed by atoms with Crippen LogP contribution in [-0.2, 0) is 16.1 Å². The topological polar surface area (TPSA) is 71.1 Å². The fourth-order valence-corrected chi connectivity index (χ4v) is 4.68. The van der Waals surface area contributed by atoms with Gasteiger partial charge in [0.2, 0.25) is 5.91 Å². The van der Waals surface area contributed by atoms with Gasteiger partial charge in [-0.1, -0.05) is 6.07 Å². The lowest BCUT2D eigenvalue weighted by Crippen LogP contribution is -2.37. The van der Waals surface area contributed by atoms with Crippen LogP contribution in [0.5, 0.6) is 11.5 Å². The zero-order valence-corrected chi connectivity index (χ0v) is 22.5. The molecular formula is C26H23FIN3O4S. The summed E-state index contributed by atoms with van der Waals surface area (Å²) in [6.45, 7) is 0.254. The Morgan fingerprint density at radius 3 is 2.33 bits per heavy atom. The van der Waals surface area contributed by atoms with Crippen LogP contribution in [-0.4, -0.2) is 42.1 Å². The molecule has 10 heteroatoms. The molecule has 36 heavy (non-hydrogen) atoms. The molecule has 186 valence electrons. The van der Waals surface area contributed by atoms with Crippen LogP contribution < -0.4 is 19.7 Å². The predicted molar refractivity (Wildman–Crippen MR) is 148 cm³/mol. The van der Waals surface area contributed by atoms with Gasteiger partial charge in [-0.2, -0.15) is 0 Å². The molecule has 1 aliphatic rings. The van der Waals surface area contributed by atoms with Crippen molar-refractivity contribution >= 4 is 63.1 Å². The van der Waals surface area contributed by atoms with E-state index in [9.17, 15) is 14.0 Å². The smallest absolute Gasteiger partial charge is 0.256 e. The first kappa shape index (κ1) is 25.8. The van der Waals surface area contributed by atoms with Gasteiger partial charge in [0.1, 0.15) is 11.9 Å². The Hall–Kier alpha value is -3.25. The average Bonchev–Trinajstić information content (AvgIpc) is 3.09. The summed E-state index contributed by atoms with van der Waals surface area (Å²) in [7, 11) is 3.09. The van der Waals surface area contributed by atoms with Crippen molar-refractivity contribution < 1.29 is 23.5 Å². The van der Waals surface area contributed by atoms with Gasteiger partial charge in [0.25, 0.3) is 5.91 Å². The van der Waals surface area contributed by atoms with Gasteiger partial charge in [-0.3, -0.25) is 14.5 Å². The van der Waals surface area contributed by atoms with E-state index in [0.717, 1.165) is 9.13 Å². The minimum absolute atomic E-state index is 0.115. The molecule has 0 spiro atoms. The summed E-state index contributed by atoms with van der Waals surface area (Å²) in [5.74, 6) is 0.00460. The van der Waals surface area contributed by atoms with Gasteiger partial charge >= 0.3 is 0 Å². The van der Waals surface area contributed by atoms with Crippen molar-refractivity contribution in [3.63, 3.8) is 0 Å². The first-order chi connectivity index (χ1) is 17.3. The van der Waals surface area contributed by atoms with Crippen LogP contribution in [0, 0.1) is 9.39 Å². The molecule has 4 rings (SSSR count).